The molecule has 178 valence electrons. The van der Waals surface area contributed by atoms with E-state index in [4.69, 9.17) is 4.74 Å². The minimum Gasteiger partial charge on any atom is -0.494 e. The number of hydrogen-bond donors (Lipinski definition) is 0. The first-order chi connectivity index (χ1) is 16.0. The molecule has 0 saturated heterocycles. The lowest BCUT2D eigenvalue weighted by Gasteiger charge is -2.30. The molecule has 0 radical (unpaired) electrons. The molecule has 0 atom stereocenters. The molecule has 0 N–H and O–H groups in total. The number of rotatable bonds is 6. The Hall–Kier alpha value is -2.23. The zero-order valence-corrected chi connectivity index (χ0v) is 19.8. The van der Waals surface area contributed by atoms with E-state index in [0.29, 0.717) is 17.0 Å². The monoisotopic (exact) mass is 456 g/mol. The Balaban J connectivity index is 1.36. The number of ether oxygens (including phenoxy) is 1. The van der Waals surface area contributed by atoms with Gasteiger partial charge in [-0.15, -0.1) is 0 Å². The highest BCUT2D eigenvalue weighted by atomic mass is 19.2. The Morgan fingerprint density at radius 1 is 0.818 bits per heavy atom. The SMILES string of the molecule is CCC1CCC(c2ccc(C3CCC(/C=C/c4ccc(OC)c(F)c4)CC3)c(F)c2F)CC1. The van der Waals surface area contributed by atoms with Crippen LogP contribution in [0, 0.1) is 29.3 Å². The van der Waals surface area contributed by atoms with Crippen molar-refractivity contribution >= 4 is 6.08 Å². The lowest BCUT2D eigenvalue weighted by atomic mass is 9.75. The quantitative estimate of drug-likeness (QED) is 0.422. The summed E-state index contributed by atoms with van der Waals surface area (Å²) in [5, 5.41) is 0. The molecule has 1 nitrogen and oxygen atoms in total. The van der Waals surface area contributed by atoms with Gasteiger partial charge in [0.25, 0.3) is 0 Å². The zero-order chi connectivity index (χ0) is 23.4. The first-order valence-electron chi connectivity index (χ1n) is 12.5. The van der Waals surface area contributed by atoms with Gasteiger partial charge in [0.05, 0.1) is 7.11 Å². The van der Waals surface area contributed by atoms with E-state index in [1.807, 2.05) is 24.3 Å². The standard InChI is InChI=1S/C29H35F3O/c1-3-19-6-11-22(12-7-19)24-15-16-25(29(32)28(24)31)23-13-8-20(9-14-23)4-5-21-10-17-27(33-2)26(30)18-21/h4-5,10,15-20,22-23H,3,6-9,11-14H2,1-2H3/b5-4+. The summed E-state index contributed by atoms with van der Waals surface area (Å²) in [4.78, 5) is 0. The highest BCUT2D eigenvalue weighted by molar-refractivity contribution is 5.51. The van der Waals surface area contributed by atoms with E-state index < -0.39 is 11.6 Å². The van der Waals surface area contributed by atoms with Gasteiger partial charge in [0.1, 0.15) is 0 Å². The van der Waals surface area contributed by atoms with Crippen molar-refractivity contribution in [3.63, 3.8) is 0 Å². The average Bonchev–Trinajstić information content (AvgIpc) is 2.85. The van der Waals surface area contributed by atoms with Gasteiger partial charge in [0, 0.05) is 0 Å². The van der Waals surface area contributed by atoms with Crippen LogP contribution in [0.5, 0.6) is 5.75 Å². The summed E-state index contributed by atoms with van der Waals surface area (Å²) >= 11 is 0. The van der Waals surface area contributed by atoms with Crippen LogP contribution in [0.4, 0.5) is 13.2 Å². The molecule has 0 aliphatic heterocycles. The normalized spacial score (nSPS) is 26.0. The molecule has 0 heterocycles. The molecule has 2 aliphatic carbocycles. The smallest absolute Gasteiger partial charge is 0.165 e. The van der Waals surface area contributed by atoms with Crippen molar-refractivity contribution in [3.05, 3.63) is 70.5 Å². The Morgan fingerprint density at radius 2 is 1.39 bits per heavy atom. The molecule has 4 rings (SSSR count). The van der Waals surface area contributed by atoms with Crippen LogP contribution in [-0.4, -0.2) is 7.11 Å². The summed E-state index contributed by atoms with van der Waals surface area (Å²) in [6.45, 7) is 2.21. The first kappa shape index (κ1) is 23.9. The summed E-state index contributed by atoms with van der Waals surface area (Å²) in [5.74, 6) is -0.0562. The van der Waals surface area contributed by atoms with Gasteiger partial charge in [-0.05, 0) is 104 Å². The zero-order valence-electron chi connectivity index (χ0n) is 19.8. The molecule has 2 aromatic carbocycles. The van der Waals surface area contributed by atoms with Gasteiger partial charge in [0.15, 0.2) is 23.2 Å². The lowest BCUT2D eigenvalue weighted by molar-refractivity contribution is 0.311. The molecule has 33 heavy (non-hydrogen) atoms. The van der Waals surface area contributed by atoms with Crippen molar-refractivity contribution in [1.82, 2.24) is 0 Å². The van der Waals surface area contributed by atoms with Gasteiger partial charge in [-0.3, -0.25) is 0 Å². The molecule has 0 aromatic heterocycles. The molecular formula is C29H35F3O. The van der Waals surface area contributed by atoms with Crippen LogP contribution >= 0.6 is 0 Å². The number of benzene rings is 2. The second-order valence-electron chi connectivity index (χ2n) is 9.86. The molecule has 2 aromatic rings. The van der Waals surface area contributed by atoms with Crippen LogP contribution < -0.4 is 4.74 Å². The second-order valence-corrected chi connectivity index (χ2v) is 9.86. The van der Waals surface area contributed by atoms with Crippen LogP contribution in [0.2, 0.25) is 0 Å². The van der Waals surface area contributed by atoms with Crippen molar-refractivity contribution in [2.45, 2.75) is 76.5 Å². The van der Waals surface area contributed by atoms with E-state index in [0.717, 1.165) is 62.8 Å². The third-order valence-electron chi connectivity index (χ3n) is 7.95. The molecule has 0 bridgehead atoms. The molecule has 0 spiro atoms. The number of allylic oxidation sites excluding steroid dienone is 1. The van der Waals surface area contributed by atoms with Gasteiger partial charge in [-0.2, -0.15) is 0 Å². The Kier molecular flexibility index (Phi) is 7.82. The summed E-state index contributed by atoms with van der Waals surface area (Å²) in [6, 6.07) is 8.63. The fourth-order valence-electron chi connectivity index (χ4n) is 5.75. The van der Waals surface area contributed by atoms with E-state index in [1.165, 1.54) is 19.6 Å². The van der Waals surface area contributed by atoms with Crippen molar-refractivity contribution in [1.29, 1.82) is 0 Å². The first-order valence-corrected chi connectivity index (χ1v) is 12.5. The predicted octanol–water partition coefficient (Wildman–Crippen LogP) is 8.78. The molecule has 2 fully saturated rings. The van der Waals surface area contributed by atoms with Gasteiger partial charge in [0.2, 0.25) is 0 Å². The van der Waals surface area contributed by atoms with Crippen LogP contribution in [0.1, 0.15) is 93.2 Å². The molecule has 2 saturated carbocycles. The van der Waals surface area contributed by atoms with Crippen molar-refractivity contribution < 1.29 is 17.9 Å². The minimum absolute atomic E-state index is 0.0625. The van der Waals surface area contributed by atoms with Gasteiger partial charge in [-0.1, -0.05) is 43.7 Å². The van der Waals surface area contributed by atoms with Gasteiger partial charge >= 0.3 is 0 Å². The number of halogens is 3. The average molecular weight is 457 g/mol. The molecule has 0 unspecified atom stereocenters. The third kappa shape index (κ3) is 5.47. The van der Waals surface area contributed by atoms with Crippen molar-refractivity contribution in [2.75, 3.05) is 7.11 Å². The maximum Gasteiger partial charge on any atom is 0.165 e. The summed E-state index contributed by atoms with van der Waals surface area (Å²) < 4.78 is 48.9. The van der Waals surface area contributed by atoms with Crippen molar-refractivity contribution in [3.8, 4) is 5.75 Å². The Bertz CT molecular complexity index is 967. The predicted molar refractivity (Wildman–Crippen MR) is 128 cm³/mol. The molecular weight excluding hydrogens is 421 g/mol. The van der Waals surface area contributed by atoms with E-state index in [1.54, 1.807) is 6.07 Å². The van der Waals surface area contributed by atoms with Gasteiger partial charge < -0.3 is 4.74 Å². The fraction of sp³-hybridized carbons (Fsp3) is 0.517. The van der Waals surface area contributed by atoms with Crippen LogP contribution in [0.15, 0.2) is 36.4 Å². The van der Waals surface area contributed by atoms with Crippen LogP contribution in [-0.2, 0) is 0 Å². The van der Waals surface area contributed by atoms with E-state index in [9.17, 15) is 4.39 Å². The summed E-state index contributed by atoms with van der Waals surface area (Å²) in [7, 11) is 1.45. The van der Waals surface area contributed by atoms with E-state index in [2.05, 4.69) is 13.0 Å². The lowest BCUT2D eigenvalue weighted by Crippen LogP contribution is -2.16. The Labute approximate surface area is 196 Å². The number of methoxy groups -OCH3 is 1. The van der Waals surface area contributed by atoms with Crippen LogP contribution in [0.3, 0.4) is 0 Å². The van der Waals surface area contributed by atoms with Gasteiger partial charge in [-0.25, -0.2) is 13.2 Å². The molecule has 4 heteroatoms. The summed E-state index contributed by atoms with van der Waals surface area (Å²) in [5.41, 5.74) is 1.92. The fourth-order valence-corrected chi connectivity index (χ4v) is 5.75. The topological polar surface area (TPSA) is 9.23 Å². The summed E-state index contributed by atoms with van der Waals surface area (Å²) in [6.07, 6.45) is 12.9. The highest BCUT2D eigenvalue weighted by Gasteiger charge is 2.29. The Morgan fingerprint density at radius 3 is 1.91 bits per heavy atom. The van der Waals surface area contributed by atoms with E-state index in [-0.39, 0.29) is 23.4 Å². The minimum atomic E-state index is -0.627. The third-order valence-corrected chi connectivity index (χ3v) is 7.95. The molecule has 2 aliphatic rings. The number of hydrogen-bond acceptors (Lipinski definition) is 1. The largest absolute Gasteiger partial charge is 0.494 e. The maximum atomic E-state index is 15.1. The van der Waals surface area contributed by atoms with E-state index >= 15 is 8.78 Å². The second kappa shape index (κ2) is 10.8. The van der Waals surface area contributed by atoms with Crippen LogP contribution in [0.25, 0.3) is 6.08 Å². The maximum absolute atomic E-state index is 15.1. The molecule has 0 amide bonds. The van der Waals surface area contributed by atoms with Crippen molar-refractivity contribution in [2.24, 2.45) is 11.8 Å². The highest BCUT2D eigenvalue weighted by Crippen LogP contribution is 2.42.